The van der Waals surface area contributed by atoms with Crippen molar-refractivity contribution in [2.24, 2.45) is 0 Å². The molecule has 29 heavy (non-hydrogen) atoms. The van der Waals surface area contributed by atoms with Crippen molar-refractivity contribution in [3.05, 3.63) is 41.9 Å². The third-order valence-corrected chi connectivity index (χ3v) is 5.66. The Labute approximate surface area is 171 Å². The molecule has 2 aliphatic rings. The molecular formula is C22H29N5O2. The van der Waals surface area contributed by atoms with Crippen LogP contribution in [-0.2, 0) is 4.74 Å². The fourth-order valence-corrected chi connectivity index (χ4v) is 3.69. The monoisotopic (exact) mass is 395 g/mol. The van der Waals surface area contributed by atoms with Crippen LogP contribution in [0.2, 0.25) is 0 Å². The van der Waals surface area contributed by atoms with Crippen LogP contribution in [0.1, 0.15) is 50.8 Å². The van der Waals surface area contributed by atoms with Gasteiger partial charge in [0, 0.05) is 23.9 Å². The van der Waals surface area contributed by atoms with Gasteiger partial charge < -0.3 is 20.1 Å². The molecule has 1 saturated carbocycles. The van der Waals surface area contributed by atoms with Gasteiger partial charge in [0.1, 0.15) is 23.5 Å². The van der Waals surface area contributed by atoms with E-state index in [0.29, 0.717) is 36.2 Å². The minimum Gasteiger partial charge on any atom is -0.488 e. The van der Waals surface area contributed by atoms with Crippen molar-refractivity contribution in [3.8, 4) is 5.75 Å². The Balaban J connectivity index is 1.59. The lowest BCUT2D eigenvalue weighted by Gasteiger charge is -2.36. The number of nitrogens with two attached hydrogens (primary N) is 1. The zero-order chi connectivity index (χ0) is 20.4. The molecule has 7 heteroatoms. The van der Waals surface area contributed by atoms with Crippen molar-refractivity contribution in [3.63, 3.8) is 0 Å². The van der Waals surface area contributed by atoms with Crippen LogP contribution in [-0.4, -0.2) is 47.1 Å². The van der Waals surface area contributed by atoms with E-state index in [4.69, 9.17) is 20.6 Å². The molecule has 1 aromatic heterocycles. The average Bonchev–Trinajstić information content (AvgIpc) is 3.46. The molecule has 0 bridgehead atoms. The molecule has 2 heterocycles. The first-order valence-electron chi connectivity index (χ1n) is 10.3. The maximum Gasteiger partial charge on any atom is 0.133 e. The van der Waals surface area contributed by atoms with E-state index < -0.39 is 0 Å². The summed E-state index contributed by atoms with van der Waals surface area (Å²) < 4.78 is 11.7. The highest BCUT2D eigenvalue weighted by molar-refractivity contribution is 6.13. The van der Waals surface area contributed by atoms with Gasteiger partial charge in [-0.1, -0.05) is 13.3 Å². The smallest absolute Gasteiger partial charge is 0.133 e. The fraction of sp³-hybridized carbons (Fsp3) is 0.500. The Kier molecular flexibility index (Phi) is 5.41. The van der Waals surface area contributed by atoms with E-state index in [1.54, 1.807) is 6.07 Å². The first kappa shape index (κ1) is 19.6. The molecule has 0 spiro atoms. The minimum absolute atomic E-state index is 0.0811. The predicted octanol–water partition coefficient (Wildman–Crippen LogP) is 3.41. The standard InChI is InChI=1S/C22H29N5O2/c1-3-4-15-13-28-10-9-27(15)20-12-19(25-14-26-20)21(24)17-11-16(5-6-18(17)23)29-22(2)7-8-22/h5-6,11-12,14-15,24H,3-4,7-10,13,23H2,1-2H3. The average molecular weight is 396 g/mol. The van der Waals surface area contributed by atoms with E-state index in [1.807, 2.05) is 18.2 Å². The predicted molar refractivity (Wildman–Crippen MR) is 114 cm³/mol. The number of nitrogen functional groups attached to an aromatic ring is 1. The van der Waals surface area contributed by atoms with Gasteiger partial charge in [-0.05, 0) is 44.4 Å². The summed E-state index contributed by atoms with van der Waals surface area (Å²) in [6.07, 6.45) is 5.76. The fourth-order valence-electron chi connectivity index (χ4n) is 3.69. The number of rotatable bonds is 7. The van der Waals surface area contributed by atoms with Crippen LogP contribution in [0.4, 0.5) is 11.5 Å². The molecule has 1 aromatic carbocycles. The molecule has 7 nitrogen and oxygen atoms in total. The lowest BCUT2D eigenvalue weighted by atomic mass is 10.0. The normalized spacial score (nSPS) is 20.3. The second kappa shape index (κ2) is 7.99. The maximum absolute atomic E-state index is 8.73. The molecule has 2 fully saturated rings. The molecule has 1 saturated heterocycles. The van der Waals surface area contributed by atoms with E-state index in [9.17, 15) is 0 Å². The molecule has 0 radical (unpaired) electrons. The number of hydrogen-bond donors (Lipinski definition) is 2. The first-order chi connectivity index (χ1) is 14.0. The number of nitrogens with one attached hydrogen (secondary N) is 1. The zero-order valence-electron chi connectivity index (χ0n) is 17.1. The molecule has 4 rings (SSSR count). The van der Waals surface area contributed by atoms with Crippen LogP contribution >= 0.6 is 0 Å². The van der Waals surface area contributed by atoms with E-state index in [1.165, 1.54) is 6.33 Å². The van der Waals surface area contributed by atoms with E-state index in [2.05, 4.69) is 28.7 Å². The largest absolute Gasteiger partial charge is 0.488 e. The SMILES string of the molecule is CCCC1COCCN1c1cc(C(=N)c2cc(OC3(C)CC3)ccc2N)ncn1. The number of aromatic nitrogens is 2. The van der Waals surface area contributed by atoms with Gasteiger partial charge in [0.15, 0.2) is 0 Å². The van der Waals surface area contributed by atoms with E-state index >= 15 is 0 Å². The van der Waals surface area contributed by atoms with Crippen LogP contribution in [0, 0.1) is 5.41 Å². The molecule has 1 unspecified atom stereocenters. The third-order valence-electron chi connectivity index (χ3n) is 5.66. The minimum atomic E-state index is -0.0811. The molecule has 1 atom stereocenters. The van der Waals surface area contributed by atoms with Gasteiger partial charge in [0.2, 0.25) is 0 Å². The quantitative estimate of drug-likeness (QED) is 0.551. The van der Waals surface area contributed by atoms with Crippen LogP contribution < -0.4 is 15.4 Å². The molecule has 0 amide bonds. The van der Waals surface area contributed by atoms with Gasteiger partial charge in [-0.25, -0.2) is 9.97 Å². The molecule has 1 aliphatic heterocycles. The van der Waals surface area contributed by atoms with E-state index in [-0.39, 0.29) is 11.3 Å². The van der Waals surface area contributed by atoms with Crippen molar-refractivity contribution < 1.29 is 9.47 Å². The van der Waals surface area contributed by atoms with Gasteiger partial charge in [-0.3, -0.25) is 5.41 Å². The summed E-state index contributed by atoms with van der Waals surface area (Å²) in [4.78, 5) is 11.1. The number of ether oxygens (including phenoxy) is 2. The highest BCUT2D eigenvalue weighted by atomic mass is 16.5. The summed E-state index contributed by atoms with van der Waals surface area (Å²) in [5.74, 6) is 1.57. The molecular weight excluding hydrogens is 366 g/mol. The Morgan fingerprint density at radius 1 is 1.34 bits per heavy atom. The zero-order valence-corrected chi connectivity index (χ0v) is 17.1. The Morgan fingerprint density at radius 2 is 2.17 bits per heavy atom. The third kappa shape index (κ3) is 4.34. The summed E-state index contributed by atoms with van der Waals surface area (Å²) in [6.45, 7) is 6.45. The summed E-state index contributed by atoms with van der Waals surface area (Å²) in [5.41, 5.74) is 8.10. The van der Waals surface area contributed by atoms with Crippen molar-refractivity contribution >= 4 is 17.2 Å². The van der Waals surface area contributed by atoms with Crippen molar-refractivity contribution in [1.82, 2.24) is 9.97 Å². The second-order valence-corrected chi connectivity index (χ2v) is 8.15. The summed E-state index contributed by atoms with van der Waals surface area (Å²) >= 11 is 0. The Bertz CT molecular complexity index is 895. The van der Waals surface area contributed by atoms with Crippen LogP contribution in [0.3, 0.4) is 0 Å². The number of morpholine rings is 1. The van der Waals surface area contributed by atoms with Crippen molar-refractivity contribution in [1.29, 1.82) is 5.41 Å². The van der Waals surface area contributed by atoms with E-state index in [0.717, 1.165) is 43.8 Å². The van der Waals surface area contributed by atoms with Gasteiger partial charge in [-0.15, -0.1) is 0 Å². The molecule has 154 valence electrons. The molecule has 2 aromatic rings. The van der Waals surface area contributed by atoms with Crippen LogP contribution in [0.5, 0.6) is 5.75 Å². The lowest BCUT2D eigenvalue weighted by Crippen LogP contribution is -2.46. The highest BCUT2D eigenvalue weighted by Gasteiger charge is 2.40. The van der Waals surface area contributed by atoms with Crippen LogP contribution in [0.15, 0.2) is 30.6 Å². The topological polar surface area (TPSA) is 97.3 Å². The number of benzene rings is 1. The van der Waals surface area contributed by atoms with Gasteiger partial charge in [0.25, 0.3) is 0 Å². The van der Waals surface area contributed by atoms with Crippen LogP contribution in [0.25, 0.3) is 0 Å². The number of nitrogens with zero attached hydrogens (tertiary/aromatic N) is 3. The molecule has 3 N–H and O–H groups in total. The summed E-state index contributed by atoms with van der Waals surface area (Å²) in [6, 6.07) is 7.69. The summed E-state index contributed by atoms with van der Waals surface area (Å²) in [5, 5.41) is 8.73. The Hall–Kier alpha value is -2.67. The highest BCUT2D eigenvalue weighted by Crippen LogP contribution is 2.40. The number of anilines is 2. The lowest BCUT2D eigenvalue weighted by molar-refractivity contribution is 0.0909. The summed E-state index contributed by atoms with van der Waals surface area (Å²) in [7, 11) is 0. The number of hydrogen-bond acceptors (Lipinski definition) is 7. The van der Waals surface area contributed by atoms with Gasteiger partial charge >= 0.3 is 0 Å². The molecule has 1 aliphatic carbocycles. The second-order valence-electron chi connectivity index (χ2n) is 8.15. The Morgan fingerprint density at radius 3 is 2.93 bits per heavy atom. The van der Waals surface area contributed by atoms with Crippen molar-refractivity contribution in [2.75, 3.05) is 30.4 Å². The first-order valence-corrected chi connectivity index (χ1v) is 10.3. The maximum atomic E-state index is 8.73. The van der Waals surface area contributed by atoms with Gasteiger partial charge in [-0.2, -0.15) is 0 Å². The van der Waals surface area contributed by atoms with Crippen molar-refractivity contribution in [2.45, 2.75) is 51.2 Å². The van der Waals surface area contributed by atoms with Gasteiger partial charge in [0.05, 0.1) is 30.7 Å².